The molecule has 1 aromatic heterocycles. The molecular weight excluding hydrogens is 450 g/mol. The average Bonchev–Trinajstić information content (AvgIpc) is 3.24. The topological polar surface area (TPSA) is 82.5 Å². The van der Waals surface area contributed by atoms with Crippen molar-refractivity contribution in [2.75, 3.05) is 24.2 Å². The summed E-state index contributed by atoms with van der Waals surface area (Å²) in [4.78, 5) is 29.1. The van der Waals surface area contributed by atoms with Crippen molar-refractivity contribution in [1.29, 1.82) is 0 Å². The molecule has 1 unspecified atom stereocenters. The van der Waals surface area contributed by atoms with Crippen molar-refractivity contribution < 1.29 is 14.7 Å². The first-order valence-corrected chi connectivity index (χ1v) is 11.2. The fourth-order valence-electron chi connectivity index (χ4n) is 2.96. The predicted octanol–water partition coefficient (Wildman–Crippen LogP) is 4.11. The van der Waals surface area contributed by atoms with Crippen LogP contribution in [0.4, 0.5) is 5.69 Å². The van der Waals surface area contributed by atoms with Gasteiger partial charge in [0.2, 0.25) is 5.91 Å². The summed E-state index contributed by atoms with van der Waals surface area (Å²) < 4.78 is 1.80. The van der Waals surface area contributed by atoms with E-state index in [0.29, 0.717) is 18.7 Å². The number of carboxylic acid groups (broad SMARTS) is 1. The summed E-state index contributed by atoms with van der Waals surface area (Å²) in [5.74, 6) is -0.131. The Labute approximate surface area is 174 Å². The molecule has 6 nitrogen and oxygen atoms in total. The van der Waals surface area contributed by atoms with Crippen LogP contribution in [0.15, 0.2) is 32.4 Å². The van der Waals surface area contributed by atoms with E-state index < -0.39 is 5.97 Å². The van der Waals surface area contributed by atoms with E-state index in [4.69, 9.17) is 5.11 Å². The quantitative estimate of drug-likeness (QED) is 0.566. The summed E-state index contributed by atoms with van der Waals surface area (Å²) in [5, 5.41) is 13.9. The number of aryl methyl sites for hydroxylation is 1. The molecule has 1 amide bonds. The van der Waals surface area contributed by atoms with Crippen molar-refractivity contribution in [3.05, 3.63) is 39.3 Å². The van der Waals surface area contributed by atoms with Gasteiger partial charge >= 0.3 is 5.97 Å². The fraction of sp³-hybridized carbons (Fsp3) is 0.389. The second kappa shape index (κ2) is 9.07. The van der Waals surface area contributed by atoms with Gasteiger partial charge in [0.05, 0.1) is 0 Å². The lowest BCUT2D eigenvalue weighted by Crippen LogP contribution is -2.39. The summed E-state index contributed by atoms with van der Waals surface area (Å²) >= 11 is 6.32. The number of likely N-dealkylation sites (tertiary alicyclic amines) is 1. The van der Waals surface area contributed by atoms with Crippen LogP contribution >= 0.6 is 39.0 Å². The zero-order chi connectivity index (χ0) is 19.4. The van der Waals surface area contributed by atoms with Crippen LogP contribution < -0.4 is 5.32 Å². The molecule has 0 saturated carbocycles. The minimum absolute atomic E-state index is 0.0756. The SMILES string of the molecule is Cc1cc(NCC2CCC(=O)N2CCSc2nc(C(=O)O)cs2)ccc1Br. The number of anilines is 1. The predicted molar refractivity (Wildman–Crippen MR) is 112 cm³/mol. The van der Waals surface area contributed by atoms with Gasteiger partial charge < -0.3 is 15.3 Å². The van der Waals surface area contributed by atoms with E-state index >= 15 is 0 Å². The zero-order valence-electron chi connectivity index (χ0n) is 14.8. The molecule has 3 rings (SSSR count). The van der Waals surface area contributed by atoms with Crippen LogP contribution in [0, 0.1) is 6.92 Å². The van der Waals surface area contributed by atoms with Crippen molar-refractivity contribution in [3.8, 4) is 0 Å². The van der Waals surface area contributed by atoms with E-state index in [-0.39, 0.29) is 17.6 Å². The van der Waals surface area contributed by atoms with Crippen LogP contribution in [0.25, 0.3) is 0 Å². The van der Waals surface area contributed by atoms with E-state index in [1.54, 1.807) is 5.38 Å². The van der Waals surface area contributed by atoms with Crippen LogP contribution in [-0.2, 0) is 4.79 Å². The normalized spacial score (nSPS) is 16.7. The number of nitrogens with one attached hydrogen (secondary N) is 1. The van der Waals surface area contributed by atoms with E-state index in [9.17, 15) is 9.59 Å². The van der Waals surface area contributed by atoms with Gasteiger partial charge in [-0.05, 0) is 37.1 Å². The first kappa shape index (κ1) is 20.2. The maximum atomic E-state index is 12.2. The second-order valence-electron chi connectivity index (χ2n) is 6.28. The Morgan fingerprint density at radius 2 is 2.33 bits per heavy atom. The van der Waals surface area contributed by atoms with Crippen LogP contribution in [0.1, 0.15) is 28.9 Å². The number of aromatic nitrogens is 1. The highest BCUT2D eigenvalue weighted by molar-refractivity contribution is 9.10. The Hall–Kier alpha value is -1.58. The molecule has 1 atom stereocenters. The van der Waals surface area contributed by atoms with Crippen molar-refractivity contribution in [2.45, 2.75) is 30.1 Å². The van der Waals surface area contributed by atoms with Gasteiger partial charge in [0.25, 0.3) is 0 Å². The van der Waals surface area contributed by atoms with Gasteiger partial charge in [-0.15, -0.1) is 11.3 Å². The number of benzene rings is 1. The van der Waals surface area contributed by atoms with Crippen LogP contribution in [0.5, 0.6) is 0 Å². The molecule has 2 heterocycles. The van der Waals surface area contributed by atoms with Crippen molar-refractivity contribution >= 4 is 56.6 Å². The van der Waals surface area contributed by atoms with E-state index in [0.717, 1.165) is 27.5 Å². The standard InChI is InChI=1S/C18H20BrN3O3S2/c1-11-8-12(2-4-14(11)19)20-9-13-3-5-16(23)22(13)6-7-26-18-21-15(10-27-18)17(24)25/h2,4,8,10,13,20H,3,5-7,9H2,1H3,(H,24,25). The minimum atomic E-state index is -1.01. The minimum Gasteiger partial charge on any atom is -0.476 e. The fourth-order valence-corrected chi connectivity index (χ4v) is 5.01. The highest BCUT2D eigenvalue weighted by Gasteiger charge is 2.30. The summed E-state index contributed by atoms with van der Waals surface area (Å²) in [6.45, 7) is 3.40. The Kier molecular flexibility index (Phi) is 6.78. The molecule has 2 N–H and O–H groups in total. The first-order valence-electron chi connectivity index (χ1n) is 8.55. The van der Waals surface area contributed by atoms with Crippen molar-refractivity contribution in [3.63, 3.8) is 0 Å². The molecule has 0 aliphatic carbocycles. The van der Waals surface area contributed by atoms with Gasteiger partial charge in [0.1, 0.15) is 0 Å². The number of carbonyl (C=O) groups is 2. The number of amides is 1. The lowest BCUT2D eigenvalue weighted by Gasteiger charge is -2.25. The molecule has 0 bridgehead atoms. The van der Waals surface area contributed by atoms with E-state index in [1.807, 2.05) is 24.0 Å². The number of hydrogen-bond donors (Lipinski definition) is 2. The van der Waals surface area contributed by atoms with E-state index in [1.165, 1.54) is 28.7 Å². The molecule has 27 heavy (non-hydrogen) atoms. The highest BCUT2D eigenvalue weighted by atomic mass is 79.9. The Morgan fingerprint density at radius 3 is 3.04 bits per heavy atom. The number of halogens is 1. The number of carboxylic acids is 1. The summed E-state index contributed by atoms with van der Waals surface area (Å²) in [6, 6.07) is 6.30. The second-order valence-corrected chi connectivity index (χ2v) is 9.33. The van der Waals surface area contributed by atoms with Gasteiger partial charge in [-0.2, -0.15) is 0 Å². The Bertz CT molecular complexity index is 843. The zero-order valence-corrected chi connectivity index (χ0v) is 18.0. The number of thiazole rings is 1. The van der Waals surface area contributed by atoms with Gasteiger partial charge in [0, 0.05) is 46.8 Å². The lowest BCUT2D eigenvalue weighted by atomic mass is 10.2. The van der Waals surface area contributed by atoms with Gasteiger partial charge in [-0.1, -0.05) is 27.7 Å². The smallest absolute Gasteiger partial charge is 0.355 e. The lowest BCUT2D eigenvalue weighted by molar-refractivity contribution is -0.128. The molecular formula is C18H20BrN3O3S2. The number of rotatable bonds is 8. The Balaban J connectivity index is 1.51. The summed E-state index contributed by atoms with van der Waals surface area (Å²) in [7, 11) is 0. The number of thioether (sulfide) groups is 1. The molecule has 1 aromatic carbocycles. The highest BCUT2D eigenvalue weighted by Crippen LogP contribution is 2.26. The molecule has 144 valence electrons. The van der Waals surface area contributed by atoms with Crippen LogP contribution in [0.3, 0.4) is 0 Å². The summed E-state index contributed by atoms with van der Waals surface area (Å²) in [6.07, 6.45) is 1.43. The molecule has 1 aliphatic heterocycles. The largest absolute Gasteiger partial charge is 0.476 e. The van der Waals surface area contributed by atoms with Gasteiger partial charge in [-0.3, -0.25) is 4.79 Å². The third kappa shape index (κ3) is 5.24. The maximum absolute atomic E-state index is 12.2. The van der Waals surface area contributed by atoms with Crippen molar-refractivity contribution in [2.24, 2.45) is 0 Å². The first-order chi connectivity index (χ1) is 12.9. The number of hydrogen-bond acceptors (Lipinski definition) is 6. The molecule has 1 saturated heterocycles. The average molecular weight is 470 g/mol. The van der Waals surface area contributed by atoms with E-state index in [2.05, 4.69) is 32.3 Å². The molecule has 9 heteroatoms. The molecule has 1 fully saturated rings. The molecule has 1 aliphatic rings. The van der Waals surface area contributed by atoms with Crippen LogP contribution in [-0.4, -0.2) is 51.8 Å². The van der Waals surface area contributed by atoms with Gasteiger partial charge in [0.15, 0.2) is 10.0 Å². The number of carbonyl (C=O) groups excluding carboxylic acids is 1. The molecule has 2 aromatic rings. The van der Waals surface area contributed by atoms with Crippen molar-refractivity contribution in [1.82, 2.24) is 9.88 Å². The molecule has 0 radical (unpaired) electrons. The van der Waals surface area contributed by atoms with Gasteiger partial charge in [-0.25, -0.2) is 9.78 Å². The molecule has 0 spiro atoms. The third-order valence-electron chi connectivity index (χ3n) is 4.41. The maximum Gasteiger partial charge on any atom is 0.355 e. The number of nitrogens with zero attached hydrogens (tertiary/aromatic N) is 2. The summed E-state index contributed by atoms with van der Waals surface area (Å²) in [5.41, 5.74) is 2.29. The monoisotopic (exact) mass is 469 g/mol. The number of aromatic carboxylic acids is 1. The van der Waals surface area contributed by atoms with Crippen LogP contribution in [0.2, 0.25) is 0 Å². The Morgan fingerprint density at radius 1 is 1.52 bits per heavy atom. The third-order valence-corrected chi connectivity index (χ3v) is 7.30.